The van der Waals surface area contributed by atoms with Crippen LogP contribution < -0.4 is 10.6 Å². The van der Waals surface area contributed by atoms with Gasteiger partial charge >= 0.3 is 6.09 Å². The van der Waals surface area contributed by atoms with Gasteiger partial charge in [0, 0.05) is 13.1 Å². The molecule has 2 N–H and O–H groups in total. The molecule has 0 atom stereocenters. The fourth-order valence-electron chi connectivity index (χ4n) is 1.39. The number of aromatic nitrogens is 5. The molecule has 0 saturated heterocycles. The van der Waals surface area contributed by atoms with Gasteiger partial charge in [0.15, 0.2) is 5.82 Å². The zero-order valence-electron chi connectivity index (χ0n) is 10.9. The molecule has 0 radical (unpaired) electrons. The van der Waals surface area contributed by atoms with Crippen LogP contribution in [0.5, 0.6) is 0 Å². The van der Waals surface area contributed by atoms with E-state index in [1.54, 1.807) is 19.3 Å². The number of rotatable bonds is 4. The molecular formula is C10H13N7O3. The second-order valence-electron chi connectivity index (χ2n) is 3.77. The number of hydrogen-bond donors (Lipinski definition) is 2. The molecule has 0 aliphatic heterocycles. The SMILES string of the molecule is COC(=O)Nc1cnn(CC(=O)Nc2ccnn2C)n1. The van der Waals surface area contributed by atoms with E-state index in [2.05, 4.69) is 30.7 Å². The van der Waals surface area contributed by atoms with Gasteiger partial charge in [-0.25, -0.2) is 4.79 Å². The van der Waals surface area contributed by atoms with Gasteiger partial charge in [0.05, 0.1) is 19.5 Å². The van der Waals surface area contributed by atoms with Gasteiger partial charge in [0.2, 0.25) is 5.91 Å². The lowest BCUT2D eigenvalue weighted by atomic mass is 10.5. The van der Waals surface area contributed by atoms with E-state index in [4.69, 9.17) is 0 Å². The lowest BCUT2D eigenvalue weighted by Gasteiger charge is -2.04. The molecule has 10 nitrogen and oxygen atoms in total. The molecule has 0 aliphatic carbocycles. The minimum atomic E-state index is -0.656. The zero-order valence-corrected chi connectivity index (χ0v) is 10.9. The maximum Gasteiger partial charge on any atom is 0.412 e. The molecule has 10 heteroatoms. The van der Waals surface area contributed by atoms with Gasteiger partial charge in [-0.1, -0.05) is 0 Å². The van der Waals surface area contributed by atoms with Gasteiger partial charge in [-0.05, 0) is 0 Å². The molecule has 0 bridgehead atoms. The van der Waals surface area contributed by atoms with Crippen molar-refractivity contribution in [2.24, 2.45) is 7.05 Å². The highest BCUT2D eigenvalue weighted by Gasteiger charge is 2.10. The van der Waals surface area contributed by atoms with Gasteiger partial charge in [0.1, 0.15) is 12.4 Å². The Morgan fingerprint density at radius 2 is 2.15 bits per heavy atom. The normalized spacial score (nSPS) is 10.1. The quantitative estimate of drug-likeness (QED) is 0.802. The minimum Gasteiger partial charge on any atom is -0.453 e. The van der Waals surface area contributed by atoms with E-state index >= 15 is 0 Å². The summed E-state index contributed by atoms with van der Waals surface area (Å²) in [5, 5.41) is 16.7. The summed E-state index contributed by atoms with van der Waals surface area (Å²) in [7, 11) is 2.95. The Morgan fingerprint density at radius 1 is 1.35 bits per heavy atom. The van der Waals surface area contributed by atoms with Crippen molar-refractivity contribution in [3.8, 4) is 0 Å². The summed E-state index contributed by atoms with van der Waals surface area (Å²) in [4.78, 5) is 23.9. The molecule has 0 saturated carbocycles. The number of carbonyl (C=O) groups excluding carboxylic acids is 2. The number of hydrogen-bond acceptors (Lipinski definition) is 6. The van der Waals surface area contributed by atoms with Crippen molar-refractivity contribution in [3.63, 3.8) is 0 Å². The molecule has 0 aliphatic rings. The minimum absolute atomic E-state index is 0.0893. The Bertz CT molecular complexity index is 618. The van der Waals surface area contributed by atoms with Gasteiger partial charge in [-0.2, -0.15) is 15.0 Å². The van der Waals surface area contributed by atoms with Crippen LogP contribution in [0, 0.1) is 0 Å². The summed E-state index contributed by atoms with van der Waals surface area (Å²) in [5.41, 5.74) is 0. The standard InChI is InChI=1S/C10H13N7O3/c1-16-8(3-4-11-16)14-9(18)6-17-12-5-7(15-17)13-10(19)20-2/h3-5H,6H2,1-2H3,(H,14,18)(H,13,15,19). The Balaban J connectivity index is 1.91. The number of nitrogens with one attached hydrogen (secondary N) is 2. The largest absolute Gasteiger partial charge is 0.453 e. The number of aryl methyl sites for hydroxylation is 1. The van der Waals surface area contributed by atoms with Crippen LogP contribution in [0.1, 0.15) is 0 Å². The van der Waals surface area contributed by atoms with Crippen molar-refractivity contribution in [1.29, 1.82) is 0 Å². The zero-order chi connectivity index (χ0) is 14.5. The molecule has 0 aromatic carbocycles. The van der Waals surface area contributed by atoms with Crippen LogP contribution in [0.3, 0.4) is 0 Å². The summed E-state index contributed by atoms with van der Waals surface area (Å²) in [5.74, 6) is 0.453. The van der Waals surface area contributed by atoms with Crippen LogP contribution in [-0.4, -0.2) is 43.9 Å². The highest BCUT2D eigenvalue weighted by Crippen LogP contribution is 2.04. The smallest absolute Gasteiger partial charge is 0.412 e. The van der Waals surface area contributed by atoms with Gasteiger partial charge in [-0.3, -0.25) is 14.8 Å². The fourth-order valence-corrected chi connectivity index (χ4v) is 1.39. The van der Waals surface area contributed by atoms with E-state index in [0.717, 1.165) is 4.80 Å². The van der Waals surface area contributed by atoms with Crippen LogP contribution in [0.15, 0.2) is 18.5 Å². The Kier molecular flexibility index (Phi) is 3.93. The second-order valence-corrected chi connectivity index (χ2v) is 3.77. The second kappa shape index (κ2) is 5.82. The third-order valence-electron chi connectivity index (χ3n) is 2.33. The molecule has 2 heterocycles. The Labute approximate surface area is 113 Å². The lowest BCUT2D eigenvalue weighted by Crippen LogP contribution is -2.22. The fraction of sp³-hybridized carbons (Fsp3) is 0.300. The van der Waals surface area contributed by atoms with Crippen LogP contribution >= 0.6 is 0 Å². The molecule has 2 aromatic heterocycles. The number of ether oxygens (including phenoxy) is 1. The van der Waals surface area contributed by atoms with Crippen molar-refractivity contribution in [3.05, 3.63) is 18.5 Å². The first-order valence-corrected chi connectivity index (χ1v) is 5.61. The molecular weight excluding hydrogens is 266 g/mol. The van der Waals surface area contributed by atoms with Crippen molar-refractivity contribution < 1.29 is 14.3 Å². The van der Waals surface area contributed by atoms with E-state index in [0.29, 0.717) is 5.82 Å². The Morgan fingerprint density at radius 3 is 2.80 bits per heavy atom. The van der Waals surface area contributed by atoms with E-state index in [9.17, 15) is 9.59 Å². The van der Waals surface area contributed by atoms with Crippen LogP contribution in [0.25, 0.3) is 0 Å². The van der Waals surface area contributed by atoms with Crippen LogP contribution in [0.4, 0.5) is 16.4 Å². The van der Waals surface area contributed by atoms with E-state index < -0.39 is 6.09 Å². The summed E-state index contributed by atoms with van der Waals surface area (Å²) < 4.78 is 5.94. The number of carbonyl (C=O) groups is 2. The van der Waals surface area contributed by atoms with Gasteiger partial charge < -0.3 is 10.1 Å². The number of nitrogens with zero attached hydrogens (tertiary/aromatic N) is 5. The lowest BCUT2D eigenvalue weighted by molar-refractivity contribution is -0.117. The molecule has 0 fully saturated rings. The van der Waals surface area contributed by atoms with Crippen LogP contribution in [0.2, 0.25) is 0 Å². The molecule has 2 rings (SSSR count). The van der Waals surface area contributed by atoms with Crippen molar-refractivity contribution >= 4 is 23.6 Å². The molecule has 106 valence electrons. The van der Waals surface area contributed by atoms with E-state index in [1.165, 1.54) is 18.0 Å². The first-order valence-electron chi connectivity index (χ1n) is 5.61. The maximum absolute atomic E-state index is 11.8. The maximum atomic E-state index is 11.8. The first kappa shape index (κ1) is 13.5. The van der Waals surface area contributed by atoms with Crippen molar-refractivity contribution in [2.75, 3.05) is 17.7 Å². The van der Waals surface area contributed by atoms with Crippen molar-refractivity contribution in [1.82, 2.24) is 24.8 Å². The van der Waals surface area contributed by atoms with E-state index in [-0.39, 0.29) is 18.3 Å². The highest BCUT2D eigenvalue weighted by molar-refractivity contribution is 5.89. The monoisotopic (exact) mass is 279 g/mol. The molecule has 2 aromatic rings. The first-order chi connectivity index (χ1) is 9.58. The molecule has 0 spiro atoms. The summed E-state index contributed by atoms with van der Waals surface area (Å²) >= 11 is 0. The number of amides is 2. The summed E-state index contributed by atoms with van der Waals surface area (Å²) in [6, 6.07) is 1.67. The third-order valence-corrected chi connectivity index (χ3v) is 2.33. The summed E-state index contributed by atoms with van der Waals surface area (Å²) in [6.45, 7) is -0.0893. The molecule has 2 amide bonds. The Hall–Kier alpha value is -2.91. The van der Waals surface area contributed by atoms with Gasteiger partial charge in [-0.15, -0.1) is 5.10 Å². The molecule has 0 unspecified atom stereocenters. The molecule has 20 heavy (non-hydrogen) atoms. The number of anilines is 2. The topological polar surface area (TPSA) is 116 Å². The van der Waals surface area contributed by atoms with Crippen molar-refractivity contribution in [2.45, 2.75) is 6.54 Å². The summed E-state index contributed by atoms with van der Waals surface area (Å²) in [6.07, 6.45) is 2.23. The predicted molar refractivity (Wildman–Crippen MR) is 67.9 cm³/mol. The van der Waals surface area contributed by atoms with Crippen LogP contribution in [-0.2, 0) is 23.1 Å². The van der Waals surface area contributed by atoms with Gasteiger partial charge in [0.25, 0.3) is 0 Å². The predicted octanol–water partition coefficient (Wildman–Crippen LogP) is -0.171. The third kappa shape index (κ3) is 3.31. The average Bonchev–Trinajstić information content (AvgIpc) is 3.00. The average molecular weight is 279 g/mol. The number of methoxy groups -OCH3 is 1. The highest BCUT2D eigenvalue weighted by atomic mass is 16.5. The van der Waals surface area contributed by atoms with E-state index in [1.807, 2.05) is 0 Å².